The maximum Gasteiger partial charge on any atom is 0.338 e. The van der Waals surface area contributed by atoms with Crippen LogP contribution < -0.4 is 0 Å². The van der Waals surface area contributed by atoms with E-state index in [2.05, 4.69) is 4.98 Å². The summed E-state index contributed by atoms with van der Waals surface area (Å²) in [5, 5.41) is 19.2. The fourth-order valence-electron chi connectivity index (χ4n) is 3.28. The molecule has 2 N–H and O–H groups in total. The highest BCUT2D eigenvalue weighted by atomic mass is 16.4. The van der Waals surface area contributed by atoms with Crippen LogP contribution in [-0.4, -0.2) is 31.7 Å². The predicted octanol–water partition coefficient (Wildman–Crippen LogP) is 2.63. The number of carboxylic acid groups (broad SMARTS) is 2. The third kappa shape index (κ3) is 1.91. The number of aromatic carboxylic acids is 2. The van der Waals surface area contributed by atoms with E-state index in [4.69, 9.17) is 0 Å². The molecule has 3 rings (SSSR count). The van der Waals surface area contributed by atoms with Gasteiger partial charge in [-0.25, -0.2) is 9.59 Å². The summed E-state index contributed by atoms with van der Waals surface area (Å²) in [6, 6.07) is 3.46. The molecule has 1 aliphatic rings. The minimum Gasteiger partial charge on any atom is -0.478 e. The summed E-state index contributed by atoms with van der Waals surface area (Å²) < 4.78 is 1.82. The monoisotopic (exact) mass is 300 g/mol. The summed E-state index contributed by atoms with van der Waals surface area (Å²) in [6.07, 6.45) is 3.93. The minimum atomic E-state index is -1.23. The average molecular weight is 300 g/mol. The average Bonchev–Trinajstić information content (AvgIpc) is 2.95. The Kier molecular flexibility index (Phi) is 3.05. The Labute approximate surface area is 127 Å². The lowest BCUT2D eigenvalue weighted by molar-refractivity contribution is 0.0651. The zero-order chi connectivity index (χ0) is 16.1. The van der Waals surface area contributed by atoms with Gasteiger partial charge in [0.1, 0.15) is 5.56 Å². The Hall–Kier alpha value is -2.63. The summed E-state index contributed by atoms with van der Waals surface area (Å²) in [6.45, 7) is 4.48. The van der Waals surface area contributed by atoms with Crippen LogP contribution >= 0.6 is 0 Å². The number of hydrogen-bond acceptors (Lipinski definition) is 3. The van der Waals surface area contributed by atoms with Crippen LogP contribution in [-0.2, 0) is 12.0 Å². The maximum absolute atomic E-state index is 11.7. The second kappa shape index (κ2) is 4.69. The van der Waals surface area contributed by atoms with E-state index in [1.54, 1.807) is 24.5 Å². The predicted molar refractivity (Wildman–Crippen MR) is 79.2 cm³/mol. The Balaban J connectivity index is 2.43. The highest BCUT2D eigenvalue weighted by Gasteiger charge is 2.41. The van der Waals surface area contributed by atoms with Crippen molar-refractivity contribution in [3.63, 3.8) is 0 Å². The van der Waals surface area contributed by atoms with Gasteiger partial charge in [0.05, 0.1) is 11.3 Å². The van der Waals surface area contributed by atoms with Gasteiger partial charge in [-0.3, -0.25) is 4.98 Å². The lowest BCUT2D eigenvalue weighted by Crippen LogP contribution is -2.18. The number of hydrogen-bond donors (Lipinski definition) is 2. The molecule has 2 aromatic heterocycles. The summed E-state index contributed by atoms with van der Waals surface area (Å²) >= 11 is 0. The fourth-order valence-corrected chi connectivity index (χ4v) is 3.28. The molecule has 0 atom stereocenters. The van der Waals surface area contributed by atoms with Gasteiger partial charge < -0.3 is 14.8 Å². The number of aromatic nitrogens is 2. The Morgan fingerprint density at radius 1 is 1.23 bits per heavy atom. The van der Waals surface area contributed by atoms with E-state index in [1.807, 2.05) is 18.4 Å². The van der Waals surface area contributed by atoms with Crippen LogP contribution in [0.2, 0.25) is 0 Å². The number of fused-ring (bicyclic) bond motifs is 1. The molecule has 6 heteroatoms. The van der Waals surface area contributed by atoms with Crippen molar-refractivity contribution in [2.75, 3.05) is 0 Å². The molecule has 3 heterocycles. The van der Waals surface area contributed by atoms with E-state index in [1.165, 1.54) is 0 Å². The molecular weight excluding hydrogens is 284 g/mol. The second-order valence-electron chi connectivity index (χ2n) is 6.08. The molecule has 6 nitrogen and oxygen atoms in total. The lowest BCUT2D eigenvalue weighted by Gasteiger charge is -2.17. The van der Waals surface area contributed by atoms with E-state index in [0.29, 0.717) is 23.5 Å². The highest BCUT2D eigenvalue weighted by Crippen LogP contribution is 2.44. The van der Waals surface area contributed by atoms with Crippen LogP contribution in [0, 0.1) is 0 Å². The molecular formula is C16H16N2O4. The van der Waals surface area contributed by atoms with Crippen molar-refractivity contribution < 1.29 is 19.8 Å². The lowest BCUT2D eigenvalue weighted by atomic mass is 9.85. The first-order valence-electron chi connectivity index (χ1n) is 6.98. The van der Waals surface area contributed by atoms with Crippen LogP contribution in [0.1, 0.15) is 46.7 Å². The quantitative estimate of drug-likeness (QED) is 0.909. The first kappa shape index (κ1) is 14.3. The molecule has 0 amide bonds. The van der Waals surface area contributed by atoms with Crippen LogP contribution in [0.4, 0.5) is 0 Å². The molecule has 0 radical (unpaired) electrons. The smallest absolute Gasteiger partial charge is 0.338 e. The van der Waals surface area contributed by atoms with Crippen molar-refractivity contribution in [1.29, 1.82) is 0 Å². The van der Waals surface area contributed by atoms with Gasteiger partial charge in [0, 0.05) is 35.6 Å². The highest BCUT2D eigenvalue weighted by molar-refractivity contribution is 6.08. The van der Waals surface area contributed by atoms with Crippen LogP contribution in [0.25, 0.3) is 11.3 Å². The van der Waals surface area contributed by atoms with Crippen LogP contribution in [0.5, 0.6) is 0 Å². The van der Waals surface area contributed by atoms with Crippen molar-refractivity contribution in [2.24, 2.45) is 0 Å². The van der Waals surface area contributed by atoms with E-state index >= 15 is 0 Å². The zero-order valence-corrected chi connectivity index (χ0v) is 12.3. The molecule has 0 aliphatic carbocycles. The fraction of sp³-hybridized carbons (Fsp3) is 0.312. The van der Waals surface area contributed by atoms with Gasteiger partial charge in [0.25, 0.3) is 0 Å². The summed E-state index contributed by atoms with van der Waals surface area (Å²) in [5.41, 5.74) is 0.997. The molecule has 0 unspecified atom stereocenters. The van der Waals surface area contributed by atoms with Crippen molar-refractivity contribution in [2.45, 2.75) is 32.2 Å². The standard InChI is InChI=1S/C16H16N2O4/c1-16(2)5-7-18-12(9-4-3-6-17-8-9)10(14(19)20)11(13(16)18)15(21)22/h3-4,6,8H,5,7H2,1-2H3,(H,19,20)(H,21,22). The van der Waals surface area contributed by atoms with Crippen molar-refractivity contribution in [3.05, 3.63) is 41.3 Å². The number of rotatable bonds is 3. The number of pyridine rings is 1. The maximum atomic E-state index is 11.7. The number of nitrogens with zero attached hydrogens (tertiary/aromatic N) is 2. The first-order chi connectivity index (χ1) is 10.3. The summed E-state index contributed by atoms with van der Waals surface area (Å²) in [5.74, 6) is -2.43. The van der Waals surface area contributed by atoms with E-state index in [-0.39, 0.29) is 16.5 Å². The molecule has 0 saturated carbocycles. The molecule has 0 spiro atoms. The van der Waals surface area contributed by atoms with E-state index in [9.17, 15) is 19.8 Å². The minimum absolute atomic E-state index is 0.103. The van der Waals surface area contributed by atoms with Gasteiger partial charge in [-0.2, -0.15) is 0 Å². The molecule has 2 aromatic rings. The van der Waals surface area contributed by atoms with Gasteiger partial charge in [0.2, 0.25) is 0 Å². The first-order valence-corrected chi connectivity index (χ1v) is 6.98. The van der Waals surface area contributed by atoms with Crippen molar-refractivity contribution in [1.82, 2.24) is 9.55 Å². The van der Waals surface area contributed by atoms with Gasteiger partial charge in [-0.1, -0.05) is 13.8 Å². The molecule has 1 aliphatic heterocycles. The van der Waals surface area contributed by atoms with E-state index < -0.39 is 11.9 Å². The van der Waals surface area contributed by atoms with Gasteiger partial charge in [-0.05, 0) is 18.6 Å². The second-order valence-corrected chi connectivity index (χ2v) is 6.08. The Morgan fingerprint density at radius 3 is 2.45 bits per heavy atom. The van der Waals surface area contributed by atoms with Crippen molar-refractivity contribution >= 4 is 11.9 Å². The molecule has 0 fully saturated rings. The van der Waals surface area contributed by atoms with Crippen molar-refractivity contribution in [3.8, 4) is 11.3 Å². The van der Waals surface area contributed by atoms with E-state index in [0.717, 1.165) is 6.42 Å². The molecule has 0 saturated heterocycles. The molecule has 22 heavy (non-hydrogen) atoms. The third-order valence-electron chi connectivity index (χ3n) is 4.23. The van der Waals surface area contributed by atoms with Crippen LogP contribution in [0.3, 0.4) is 0 Å². The van der Waals surface area contributed by atoms with Gasteiger partial charge in [-0.15, -0.1) is 0 Å². The van der Waals surface area contributed by atoms with Gasteiger partial charge >= 0.3 is 11.9 Å². The Morgan fingerprint density at radius 2 is 1.91 bits per heavy atom. The molecule has 0 aromatic carbocycles. The third-order valence-corrected chi connectivity index (χ3v) is 4.23. The Bertz CT molecular complexity index is 775. The topological polar surface area (TPSA) is 92.4 Å². The number of carbonyl (C=O) groups is 2. The summed E-state index contributed by atoms with van der Waals surface area (Å²) in [4.78, 5) is 27.5. The summed E-state index contributed by atoms with van der Waals surface area (Å²) in [7, 11) is 0. The van der Waals surface area contributed by atoms with Gasteiger partial charge in [0.15, 0.2) is 0 Å². The zero-order valence-electron chi connectivity index (χ0n) is 12.3. The number of carboxylic acids is 2. The normalized spacial score (nSPS) is 15.5. The SMILES string of the molecule is CC1(C)CCn2c(-c3cccnc3)c(C(=O)O)c(C(=O)O)c21. The largest absolute Gasteiger partial charge is 0.478 e. The van der Waals surface area contributed by atoms with Crippen LogP contribution in [0.15, 0.2) is 24.5 Å². The molecule has 0 bridgehead atoms. The molecule has 114 valence electrons.